The maximum Gasteiger partial charge on any atom is 0.187 e. The first kappa shape index (κ1) is 11.7. The van der Waals surface area contributed by atoms with E-state index in [4.69, 9.17) is 0 Å². The standard InChI is InChI=1S/C11H13N3S/c1-5-9(13-8(2)3)10-6-7-12-11(14-10)15-4/h5-7H,1-2H2,3-4H3. The van der Waals surface area contributed by atoms with E-state index in [0.717, 1.165) is 22.3 Å². The van der Waals surface area contributed by atoms with Crippen LogP contribution in [0.5, 0.6) is 0 Å². The minimum absolute atomic E-state index is 0.722. The van der Waals surface area contributed by atoms with Crippen molar-refractivity contribution >= 4 is 17.5 Å². The molecule has 3 nitrogen and oxygen atoms in total. The molecule has 0 aliphatic rings. The lowest BCUT2D eigenvalue weighted by Gasteiger charge is -2.01. The first-order valence-corrected chi connectivity index (χ1v) is 5.64. The van der Waals surface area contributed by atoms with Gasteiger partial charge in [-0.3, -0.25) is 4.99 Å². The second kappa shape index (κ2) is 5.46. The van der Waals surface area contributed by atoms with Crippen LogP contribution in [0.15, 0.2) is 47.3 Å². The van der Waals surface area contributed by atoms with Crippen LogP contribution >= 0.6 is 11.8 Å². The summed E-state index contributed by atoms with van der Waals surface area (Å²) < 4.78 is 0. The van der Waals surface area contributed by atoms with E-state index in [1.165, 1.54) is 11.8 Å². The number of nitrogens with zero attached hydrogens (tertiary/aromatic N) is 3. The van der Waals surface area contributed by atoms with Crippen molar-refractivity contribution in [2.75, 3.05) is 6.26 Å². The maximum atomic E-state index is 4.32. The third-order valence-electron chi connectivity index (χ3n) is 1.58. The van der Waals surface area contributed by atoms with Gasteiger partial charge >= 0.3 is 0 Å². The highest BCUT2D eigenvalue weighted by Crippen LogP contribution is 2.09. The maximum absolute atomic E-state index is 4.32. The Bertz CT molecular complexity index is 410. The predicted molar refractivity (Wildman–Crippen MR) is 65.4 cm³/mol. The molecule has 15 heavy (non-hydrogen) atoms. The van der Waals surface area contributed by atoms with Crippen LogP contribution in [0.2, 0.25) is 0 Å². The van der Waals surface area contributed by atoms with Crippen LogP contribution in [0.4, 0.5) is 0 Å². The first-order valence-electron chi connectivity index (χ1n) is 4.41. The zero-order valence-electron chi connectivity index (χ0n) is 8.90. The van der Waals surface area contributed by atoms with E-state index in [1.807, 2.05) is 19.2 Å². The molecule has 1 heterocycles. The van der Waals surface area contributed by atoms with Crippen LogP contribution in [0.3, 0.4) is 0 Å². The van der Waals surface area contributed by atoms with Gasteiger partial charge in [0.25, 0.3) is 0 Å². The van der Waals surface area contributed by atoms with Gasteiger partial charge in [0.15, 0.2) is 5.16 Å². The van der Waals surface area contributed by atoms with Crippen molar-refractivity contribution in [3.63, 3.8) is 0 Å². The summed E-state index contributed by atoms with van der Waals surface area (Å²) in [6, 6.07) is 1.81. The second-order valence-corrected chi connectivity index (χ2v) is 3.64. The summed E-state index contributed by atoms with van der Waals surface area (Å²) in [7, 11) is 0. The lowest BCUT2D eigenvalue weighted by Crippen LogP contribution is -2.01. The van der Waals surface area contributed by atoms with Crippen molar-refractivity contribution in [1.82, 2.24) is 9.97 Å². The van der Waals surface area contributed by atoms with Crippen LogP contribution < -0.4 is 0 Å². The molecule has 0 N–H and O–H groups in total. The van der Waals surface area contributed by atoms with Crippen LogP contribution in [-0.2, 0) is 0 Å². The van der Waals surface area contributed by atoms with Crippen LogP contribution in [0.1, 0.15) is 12.6 Å². The molecule has 0 unspecified atom stereocenters. The molecule has 0 fully saturated rings. The molecule has 0 aliphatic carbocycles. The van der Waals surface area contributed by atoms with Gasteiger partial charge in [-0.15, -0.1) is 0 Å². The molecule has 78 valence electrons. The Labute approximate surface area is 94.1 Å². The molecule has 0 aromatic carbocycles. The van der Waals surface area contributed by atoms with E-state index in [2.05, 4.69) is 28.1 Å². The van der Waals surface area contributed by atoms with Crippen molar-refractivity contribution in [1.29, 1.82) is 0 Å². The molecule has 0 aliphatic heterocycles. The molecular weight excluding hydrogens is 206 g/mol. The van der Waals surface area contributed by atoms with E-state index in [1.54, 1.807) is 12.3 Å². The lowest BCUT2D eigenvalue weighted by molar-refractivity contribution is 0.960. The number of hydrogen-bond donors (Lipinski definition) is 0. The van der Waals surface area contributed by atoms with E-state index in [-0.39, 0.29) is 0 Å². The lowest BCUT2D eigenvalue weighted by atomic mass is 10.2. The molecule has 0 atom stereocenters. The Morgan fingerprint density at radius 3 is 2.87 bits per heavy atom. The van der Waals surface area contributed by atoms with Gasteiger partial charge in [-0.25, -0.2) is 9.97 Å². The third kappa shape index (κ3) is 3.32. The van der Waals surface area contributed by atoms with Gasteiger partial charge in [-0.1, -0.05) is 24.9 Å². The van der Waals surface area contributed by atoms with Crippen molar-refractivity contribution in [3.05, 3.63) is 42.9 Å². The predicted octanol–water partition coefficient (Wildman–Crippen LogP) is 2.71. The molecule has 1 rings (SSSR count). The minimum Gasteiger partial charge on any atom is -0.252 e. The minimum atomic E-state index is 0.722. The Morgan fingerprint density at radius 2 is 2.33 bits per heavy atom. The largest absolute Gasteiger partial charge is 0.252 e. The summed E-state index contributed by atoms with van der Waals surface area (Å²) in [5, 5.41) is 0.726. The van der Waals surface area contributed by atoms with Gasteiger partial charge in [0.1, 0.15) is 0 Å². The fourth-order valence-corrected chi connectivity index (χ4v) is 1.35. The summed E-state index contributed by atoms with van der Waals surface area (Å²) in [6.45, 7) is 9.27. The number of thioether (sulfide) groups is 1. The first-order chi connectivity index (χ1) is 7.17. The molecule has 1 aromatic rings. The highest BCUT2D eigenvalue weighted by Gasteiger charge is 2.02. The van der Waals surface area contributed by atoms with E-state index in [0.29, 0.717) is 0 Å². The summed E-state index contributed by atoms with van der Waals surface area (Å²) >= 11 is 1.50. The number of allylic oxidation sites excluding steroid dienone is 2. The highest BCUT2D eigenvalue weighted by molar-refractivity contribution is 7.98. The van der Waals surface area contributed by atoms with E-state index < -0.39 is 0 Å². The van der Waals surface area contributed by atoms with Gasteiger partial charge in [0, 0.05) is 11.9 Å². The molecule has 0 spiro atoms. The Hall–Kier alpha value is -1.42. The fourth-order valence-electron chi connectivity index (χ4n) is 0.995. The van der Waals surface area contributed by atoms with Crippen molar-refractivity contribution in [2.45, 2.75) is 12.1 Å². The highest BCUT2D eigenvalue weighted by atomic mass is 32.2. The van der Waals surface area contributed by atoms with Crippen LogP contribution in [0, 0.1) is 0 Å². The van der Waals surface area contributed by atoms with Gasteiger partial charge < -0.3 is 0 Å². The molecule has 0 amide bonds. The van der Waals surface area contributed by atoms with Crippen molar-refractivity contribution in [3.8, 4) is 0 Å². The van der Waals surface area contributed by atoms with E-state index in [9.17, 15) is 0 Å². The summed E-state index contributed by atoms with van der Waals surface area (Å²) in [5.41, 5.74) is 2.22. The third-order valence-corrected chi connectivity index (χ3v) is 2.14. The number of aromatic nitrogens is 2. The molecule has 0 saturated carbocycles. The topological polar surface area (TPSA) is 38.1 Å². The normalized spacial score (nSPS) is 11.2. The second-order valence-electron chi connectivity index (χ2n) is 2.87. The van der Waals surface area contributed by atoms with Gasteiger partial charge in [-0.2, -0.15) is 0 Å². The summed E-state index contributed by atoms with van der Waals surface area (Å²) in [6.07, 6.45) is 5.31. The average Bonchev–Trinajstić information content (AvgIpc) is 2.25. The van der Waals surface area contributed by atoms with Crippen molar-refractivity contribution in [2.24, 2.45) is 4.99 Å². The number of aliphatic imine (C=N–C) groups is 1. The van der Waals surface area contributed by atoms with Gasteiger partial charge in [0.2, 0.25) is 0 Å². The average molecular weight is 219 g/mol. The Balaban J connectivity index is 3.12. The number of rotatable bonds is 4. The van der Waals surface area contributed by atoms with Gasteiger partial charge in [0.05, 0.1) is 11.4 Å². The van der Waals surface area contributed by atoms with E-state index >= 15 is 0 Å². The molecule has 1 aromatic heterocycles. The van der Waals surface area contributed by atoms with Crippen LogP contribution in [-0.4, -0.2) is 21.9 Å². The monoisotopic (exact) mass is 219 g/mol. The quantitative estimate of drug-likeness (QED) is 0.444. The molecular formula is C11H13N3S. The SMILES string of the molecule is C=CC(=NC(=C)C)c1ccnc(SC)n1. The Morgan fingerprint density at radius 1 is 1.60 bits per heavy atom. The zero-order chi connectivity index (χ0) is 11.3. The molecule has 0 saturated heterocycles. The Kier molecular flexibility index (Phi) is 4.24. The molecule has 4 heteroatoms. The van der Waals surface area contributed by atoms with Crippen LogP contribution in [0.25, 0.3) is 0 Å². The molecule has 0 bridgehead atoms. The summed E-state index contributed by atoms with van der Waals surface area (Å²) in [4.78, 5) is 12.7. The smallest absolute Gasteiger partial charge is 0.187 e. The number of hydrogen-bond acceptors (Lipinski definition) is 4. The van der Waals surface area contributed by atoms with Gasteiger partial charge in [-0.05, 0) is 25.3 Å². The van der Waals surface area contributed by atoms with Crippen molar-refractivity contribution < 1.29 is 0 Å². The zero-order valence-corrected chi connectivity index (χ0v) is 9.71. The molecule has 0 radical (unpaired) electrons. The summed E-state index contributed by atoms with van der Waals surface area (Å²) in [5.74, 6) is 0. The fraction of sp³-hybridized carbons (Fsp3) is 0.182.